The van der Waals surface area contributed by atoms with Gasteiger partial charge in [-0.3, -0.25) is 0 Å². The Hall–Kier alpha value is -1.13. The Morgan fingerprint density at radius 3 is 2.81 bits per heavy atom. The predicted octanol–water partition coefficient (Wildman–Crippen LogP) is 1.53. The highest BCUT2D eigenvalue weighted by Gasteiger charge is 2.04. The summed E-state index contributed by atoms with van der Waals surface area (Å²) in [5.74, 6) is 0. The predicted molar refractivity (Wildman–Crippen MR) is 71.9 cm³/mol. The molecule has 4 heteroatoms. The van der Waals surface area contributed by atoms with E-state index in [4.69, 9.17) is 18.0 Å². The first-order valence-electron chi connectivity index (χ1n) is 5.30. The van der Waals surface area contributed by atoms with Crippen molar-refractivity contribution in [2.75, 3.05) is 18.5 Å². The lowest BCUT2D eigenvalue weighted by atomic mass is 10.2. The molecule has 1 aromatic rings. The third-order valence-corrected chi connectivity index (χ3v) is 2.69. The second kappa shape index (κ2) is 5.82. The molecule has 0 heterocycles. The van der Waals surface area contributed by atoms with Crippen LogP contribution in [0.2, 0.25) is 0 Å². The minimum absolute atomic E-state index is 0.277. The number of anilines is 1. The van der Waals surface area contributed by atoms with Crippen LogP contribution in [0.15, 0.2) is 24.3 Å². The highest BCUT2D eigenvalue weighted by molar-refractivity contribution is 7.80. The monoisotopic (exact) mass is 238 g/mol. The van der Waals surface area contributed by atoms with Gasteiger partial charge in [-0.1, -0.05) is 24.4 Å². The highest BCUT2D eigenvalue weighted by atomic mass is 32.1. The normalized spacial score (nSPS) is 12.2. The van der Waals surface area contributed by atoms with E-state index < -0.39 is 0 Å². The van der Waals surface area contributed by atoms with Crippen molar-refractivity contribution in [2.24, 2.45) is 5.73 Å². The van der Waals surface area contributed by atoms with E-state index >= 15 is 0 Å². The third-order valence-electron chi connectivity index (χ3n) is 2.45. The molecule has 16 heavy (non-hydrogen) atoms. The van der Waals surface area contributed by atoms with Crippen LogP contribution in [-0.2, 0) is 0 Å². The number of aliphatic hydroxyl groups excluding tert-OH is 1. The Morgan fingerprint density at radius 2 is 2.25 bits per heavy atom. The van der Waals surface area contributed by atoms with E-state index in [0.717, 1.165) is 24.2 Å². The Morgan fingerprint density at radius 1 is 1.56 bits per heavy atom. The van der Waals surface area contributed by atoms with Gasteiger partial charge < -0.3 is 15.7 Å². The van der Waals surface area contributed by atoms with Crippen LogP contribution in [0, 0.1) is 0 Å². The van der Waals surface area contributed by atoms with Crippen LogP contribution < -0.4 is 10.6 Å². The van der Waals surface area contributed by atoms with Crippen molar-refractivity contribution < 1.29 is 5.11 Å². The summed E-state index contributed by atoms with van der Waals surface area (Å²) in [6.45, 7) is 2.59. The lowest BCUT2D eigenvalue weighted by molar-refractivity contribution is 0.187. The minimum atomic E-state index is -0.277. The van der Waals surface area contributed by atoms with Gasteiger partial charge in [0.1, 0.15) is 4.99 Å². The zero-order valence-electron chi connectivity index (χ0n) is 9.68. The molecule has 0 aliphatic carbocycles. The number of nitrogens with zero attached hydrogens (tertiary/aromatic N) is 1. The topological polar surface area (TPSA) is 49.5 Å². The number of rotatable bonds is 5. The van der Waals surface area contributed by atoms with Crippen LogP contribution in [0.4, 0.5) is 5.69 Å². The number of nitrogens with two attached hydrogens (primary N) is 1. The second-order valence-electron chi connectivity index (χ2n) is 3.97. The van der Waals surface area contributed by atoms with Gasteiger partial charge in [-0.15, -0.1) is 0 Å². The SMILES string of the molecule is CC(O)CCN(C)c1cccc(C(N)=S)c1. The molecule has 1 atom stereocenters. The number of benzene rings is 1. The summed E-state index contributed by atoms with van der Waals surface area (Å²) in [4.78, 5) is 2.49. The summed E-state index contributed by atoms with van der Waals surface area (Å²) in [7, 11) is 1.99. The molecular weight excluding hydrogens is 220 g/mol. The molecule has 0 spiro atoms. The summed E-state index contributed by atoms with van der Waals surface area (Å²) in [6.07, 6.45) is 0.467. The van der Waals surface area contributed by atoms with Crippen molar-refractivity contribution in [1.29, 1.82) is 0 Å². The van der Waals surface area contributed by atoms with Gasteiger partial charge in [0.25, 0.3) is 0 Å². The molecule has 0 bridgehead atoms. The lowest BCUT2D eigenvalue weighted by Gasteiger charge is -2.20. The van der Waals surface area contributed by atoms with Gasteiger partial charge in [0.05, 0.1) is 6.10 Å². The molecule has 0 aliphatic rings. The van der Waals surface area contributed by atoms with Gasteiger partial charge in [-0.05, 0) is 25.5 Å². The highest BCUT2D eigenvalue weighted by Crippen LogP contribution is 2.15. The minimum Gasteiger partial charge on any atom is -0.393 e. The maximum atomic E-state index is 9.22. The molecular formula is C12H18N2OS. The molecule has 3 N–H and O–H groups in total. The van der Waals surface area contributed by atoms with Crippen LogP contribution in [0.1, 0.15) is 18.9 Å². The maximum absolute atomic E-state index is 9.22. The van der Waals surface area contributed by atoms with E-state index in [1.54, 1.807) is 6.92 Å². The van der Waals surface area contributed by atoms with Crippen LogP contribution in [-0.4, -0.2) is 29.8 Å². The number of thiocarbonyl (C=S) groups is 1. The zero-order chi connectivity index (χ0) is 12.1. The van der Waals surface area contributed by atoms with Gasteiger partial charge in [0.2, 0.25) is 0 Å². The van der Waals surface area contributed by atoms with Crippen LogP contribution in [0.3, 0.4) is 0 Å². The number of aliphatic hydroxyl groups is 1. The Kier molecular flexibility index (Phi) is 4.71. The molecule has 1 unspecified atom stereocenters. The van der Waals surface area contributed by atoms with Crippen molar-refractivity contribution in [2.45, 2.75) is 19.4 Å². The Balaban J connectivity index is 2.71. The molecule has 0 aliphatic heterocycles. The molecule has 88 valence electrons. The number of hydrogen-bond acceptors (Lipinski definition) is 3. The maximum Gasteiger partial charge on any atom is 0.104 e. The van der Waals surface area contributed by atoms with E-state index in [-0.39, 0.29) is 6.10 Å². The van der Waals surface area contributed by atoms with E-state index in [9.17, 15) is 5.11 Å². The average molecular weight is 238 g/mol. The van der Waals surface area contributed by atoms with E-state index in [1.165, 1.54) is 0 Å². The first-order chi connectivity index (χ1) is 7.50. The third kappa shape index (κ3) is 3.79. The van der Waals surface area contributed by atoms with Crippen molar-refractivity contribution in [1.82, 2.24) is 0 Å². The van der Waals surface area contributed by atoms with E-state index in [2.05, 4.69) is 4.90 Å². The molecule has 0 saturated heterocycles. The second-order valence-corrected chi connectivity index (χ2v) is 4.41. The average Bonchev–Trinajstić information content (AvgIpc) is 2.26. The molecule has 3 nitrogen and oxygen atoms in total. The quantitative estimate of drug-likeness (QED) is 0.764. The van der Waals surface area contributed by atoms with Crippen LogP contribution in [0.25, 0.3) is 0 Å². The molecule has 0 amide bonds. The standard InChI is InChI=1S/C12H18N2OS/c1-9(15)6-7-14(2)11-5-3-4-10(8-11)12(13)16/h3-5,8-9,15H,6-7H2,1-2H3,(H2,13,16). The van der Waals surface area contributed by atoms with Gasteiger partial charge in [-0.2, -0.15) is 0 Å². The van der Waals surface area contributed by atoms with E-state index in [0.29, 0.717) is 4.99 Å². The van der Waals surface area contributed by atoms with Crippen molar-refractivity contribution in [3.05, 3.63) is 29.8 Å². The van der Waals surface area contributed by atoms with Gasteiger partial charge in [-0.25, -0.2) is 0 Å². The zero-order valence-corrected chi connectivity index (χ0v) is 10.5. The summed E-state index contributed by atoms with van der Waals surface area (Å²) >= 11 is 4.93. The first kappa shape index (κ1) is 12.9. The molecule has 0 saturated carbocycles. The van der Waals surface area contributed by atoms with Crippen molar-refractivity contribution >= 4 is 22.9 Å². The fourth-order valence-electron chi connectivity index (χ4n) is 1.41. The summed E-state index contributed by atoms with van der Waals surface area (Å²) in [5, 5.41) is 9.22. The molecule has 0 aromatic heterocycles. The first-order valence-corrected chi connectivity index (χ1v) is 5.70. The van der Waals surface area contributed by atoms with Gasteiger partial charge in [0.15, 0.2) is 0 Å². The Labute approximate surface area is 102 Å². The lowest BCUT2D eigenvalue weighted by Crippen LogP contribution is -2.22. The summed E-state index contributed by atoms with van der Waals surface area (Å²) < 4.78 is 0. The van der Waals surface area contributed by atoms with Gasteiger partial charge in [0, 0.05) is 24.8 Å². The molecule has 1 rings (SSSR count). The largest absolute Gasteiger partial charge is 0.393 e. The van der Waals surface area contributed by atoms with Crippen molar-refractivity contribution in [3.63, 3.8) is 0 Å². The molecule has 1 aromatic carbocycles. The molecule has 0 radical (unpaired) electrons. The fourth-order valence-corrected chi connectivity index (χ4v) is 1.53. The smallest absolute Gasteiger partial charge is 0.104 e. The van der Waals surface area contributed by atoms with Crippen LogP contribution >= 0.6 is 12.2 Å². The molecule has 0 fully saturated rings. The van der Waals surface area contributed by atoms with E-state index in [1.807, 2.05) is 31.3 Å². The van der Waals surface area contributed by atoms with Gasteiger partial charge >= 0.3 is 0 Å². The summed E-state index contributed by atoms with van der Waals surface area (Å²) in [6, 6.07) is 7.80. The summed E-state index contributed by atoms with van der Waals surface area (Å²) in [5.41, 5.74) is 7.51. The van der Waals surface area contributed by atoms with Crippen LogP contribution in [0.5, 0.6) is 0 Å². The number of hydrogen-bond donors (Lipinski definition) is 2. The fraction of sp³-hybridized carbons (Fsp3) is 0.417. The Bertz CT molecular complexity index is 366. The van der Waals surface area contributed by atoms with Crippen molar-refractivity contribution in [3.8, 4) is 0 Å².